The molecule has 0 unspecified atom stereocenters. The second kappa shape index (κ2) is 5.73. The van der Waals surface area contributed by atoms with Crippen molar-refractivity contribution in [2.45, 2.75) is 13.8 Å². The first kappa shape index (κ1) is 14.7. The molecule has 0 saturated carbocycles. The van der Waals surface area contributed by atoms with Gasteiger partial charge in [0.1, 0.15) is 22.8 Å². The fourth-order valence-corrected chi connectivity index (χ4v) is 2.98. The first-order valence-corrected chi connectivity index (χ1v) is 6.70. The van der Waals surface area contributed by atoms with Gasteiger partial charge in [0.05, 0.1) is 5.39 Å². The third-order valence-corrected chi connectivity index (χ3v) is 4.17. The van der Waals surface area contributed by atoms with Crippen molar-refractivity contribution >= 4 is 45.5 Å². The highest BCUT2D eigenvalue weighted by Crippen LogP contribution is 2.33. The molecule has 0 aliphatic heterocycles. The number of fused-ring (bicyclic) bond motifs is 1. The zero-order valence-electron chi connectivity index (χ0n) is 11.0. The molecule has 3 aromatic rings. The lowest BCUT2D eigenvalue weighted by Crippen LogP contribution is -1.95. The maximum absolute atomic E-state index is 13.2. The zero-order chi connectivity index (χ0) is 13.4. The number of nitrogens with one attached hydrogen (secondary N) is 1. The number of aromatic nitrogens is 2. The van der Waals surface area contributed by atoms with E-state index in [-0.39, 0.29) is 18.2 Å². The fourth-order valence-electron chi connectivity index (χ4n) is 1.98. The van der Waals surface area contributed by atoms with Crippen LogP contribution in [-0.4, -0.2) is 9.97 Å². The van der Waals surface area contributed by atoms with E-state index in [1.54, 1.807) is 17.4 Å². The standard InChI is InChI=1S/C14H12FN3S.ClH/c1-8-9(2)19-14-12(8)13(16-7-17-14)18-11-5-3-4-10(15)6-11;/h3-7H,1-2H3,(H,16,17,18);1H. The van der Waals surface area contributed by atoms with Crippen LogP contribution in [0.3, 0.4) is 0 Å². The first-order chi connectivity index (χ1) is 9.15. The third-order valence-electron chi connectivity index (χ3n) is 3.05. The summed E-state index contributed by atoms with van der Waals surface area (Å²) in [7, 11) is 0. The minimum atomic E-state index is -0.270. The predicted octanol–water partition coefficient (Wildman–Crippen LogP) is 4.61. The van der Waals surface area contributed by atoms with Crippen molar-refractivity contribution in [2.75, 3.05) is 5.32 Å². The highest BCUT2D eigenvalue weighted by molar-refractivity contribution is 7.18. The minimum Gasteiger partial charge on any atom is -0.339 e. The van der Waals surface area contributed by atoms with Crippen LogP contribution in [0.15, 0.2) is 30.6 Å². The highest BCUT2D eigenvalue weighted by atomic mass is 35.5. The summed E-state index contributed by atoms with van der Waals surface area (Å²) >= 11 is 1.64. The summed E-state index contributed by atoms with van der Waals surface area (Å²) in [5.41, 5.74) is 1.85. The summed E-state index contributed by atoms with van der Waals surface area (Å²) in [6.07, 6.45) is 1.53. The van der Waals surface area contributed by atoms with E-state index in [1.165, 1.54) is 28.9 Å². The van der Waals surface area contributed by atoms with Crippen LogP contribution in [0.2, 0.25) is 0 Å². The lowest BCUT2D eigenvalue weighted by atomic mass is 10.2. The maximum atomic E-state index is 13.2. The Bertz CT molecular complexity index is 757. The summed E-state index contributed by atoms with van der Waals surface area (Å²) in [6.45, 7) is 4.11. The Hall–Kier alpha value is -1.72. The maximum Gasteiger partial charge on any atom is 0.142 e. The molecule has 3 nitrogen and oxygen atoms in total. The number of benzene rings is 1. The van der Waals surface area contributed by atoms with Crippen LogP contribution in [0.5, 0.6) is 0 Å². The largest absolute Gasteiger partial charge is 0.339 e. The first-order valence-electron chi connectivity index (χ1n) is 5.88. The molecule has 2 aromatic heterocycles. The smallest absolute Gasteiger partial charge is 0.142 e. The van der Waals surface area contributed by atoms with E-state index in [9.17, 15) is 4.39 Å². The van der Waals surface area contributed by atoms with Crippen LogP contribution in [-0.2, 0) is 0 Å². The number of rotatable bonds is 2. The topological polar surface area (TPSA) is 37.8 Å². The normalized spacial score (nSPS) is 10.3. The van der Waals surface area contributed by atoms with Gasteiger partial charge in [-0.15, -0.1) is 23.7 Å². The van der Waals surface area contributed by atoms with Crippen molar-refractivity contribution in [3.05, 3.63) is 46.9 Å². The van der Waals surface area contributed by atoms with Gasteiger partial charge >= 0.3 is 0 Å². The molecule has 0 bridgehead atoms. The summed E-state index contributed by atoms with van der Waals surface area (Å²) < 4.78 is 13.2. The average molecular weight is 310 g/mol. The number of thiophene rings is 1. The molecule has 1 aromatic carbocycles. The van der Waals surface area contributed by atoms with Gasteiger partial charge in [-0.05, 0) is 37.6 Å². The molecule has 0 saturated heterocycles. The van der Waals surface area contributed by atoms with Crippen molar-refractivity contribution in [2.24, 2.45) is 0 Å². The molecule has 0 aliphatic rings. The summed E-state index contributed by atoms with van der Waals surface area (Å²) in [6, 6.07) is 6.34. The molecule has 6 heteroatoms. The molecular weight excluding hydrogens is 297 g/mol. The summed E-state index contributed by atoms with van der Waals surface area (Å²) in [5.74, 6) is 0.450. The molecule has 0 radical (unpaired) electrons. The van der Waals surface area contributed by atoms with Gasteiger partial charge in [-0.3, -0.25) is 0 Å². The molecule has 1 N–H and O–H groups in total. The Kier molecular flexibility index (Phi) is 4.20. The fraction of sp³-hybridized carbons (Fsp3) is 0.143. The molecule has 20 heavy (non-hydrogen) atoms. The van der Waals surface area contributed by atoms with E-state index in [1.807, 2.05) is 13.0 Å². The molecule has 3 rings (SSSR count). The van der Waals surface area contributed by atoms with Crippen molar-refractivity contribution in [3.8, 4) is 0 Å². The summed E-state index contributed by atoms with van der Waals surface area (Å²) in [5, 5.41) is 4.17. The molecule has 2 heterocycles. The lowest BCUT2D eigenvalue weighted by molar-refractivity contribution is 0.628. The van der Waals surface area contributed by atoms with Crippen molar-refractivity contribution < 1.29 is 4.39 Å². The van der Waals surface area contributed by atoms with Gasteiger partial charge in [0.2, 0.25) is 0 Å². The molecule has 104 valence electrons. The van der Waals surface area contributed by atoms with Crippen LogP contribution >= 0.6 is 23.7 Å². The molecule has 0 atom stereocenters. The average Bonchev–Trinajstić information content (AvgIpc) is 2.66. The van der Waals surface area contributed by atoms with Gasteiger partial charge < -0.3 is 5.32 Å². The van der Waals surface area contributed by atoms with Crippen molar-refractivity contribution in [1.82, 2.24) is 9.97 Å². The number of halogens is 2. The highest BCUT2D eigenvalue weighted by Gasteiger charge is 2.11. The SMILES string of the molecule is Cc1sc2ncnc(Nc3cccc(F)c3)c2c1C.Cl. The van der Waals surface area contributed by atoms with Crippen molar-refractivity contribution in [1.29, 1.82) is 0 Å². The van der Waals surface area contributed by atoms with Crippen LogP contribution < -0.4 is 5.32 Å². The van der Waals surface area contributed by atoms with Crippen LogP contribution in [0, 0.1) is 19.7 Å². The van der Waals surface area contributed by atoms with Gasteiger partial charge in [0.25, 0.3) is 0 Å². The lowest BCUT2D eigenvalue weighted by Gasteiger charge is -2.07. The van der Waals surface area contributed by atoms with E-state index in [0.29, 0.717) is 5.69 Å². The van der Waals surface area contributed by atoms with E-state index in [0.717, 1.165) is 16.0 Å². The van der Waals surface area contributed by atoms with Crippen LogP contribution in [0.1, 0.15) is 10.4 Å². The van der Waals surface area contributed by atoms with Gasteiger partial charge in [-0.2, -0.15) is 0 Å². The van der Waals surface area contributed by atoms with Gasteiger partial charge in [-0.25, -0.2) is 14.4 Å². The molecule has 0 fully saturated rings. The van der Waals surface area contributed by atoms with E-state index in [4.69, 9.17) is 0 Å². The van der Waals surface area contributed by atoms with Gasteiger partial charge in [-0.1, -0.05) is 6.07 Å². The van der Waals surface area contributed by atoms with Gasteiger partial charge in [0.15, 0.2) is 0 Å². The molecular formula is C14H13ClFN3S. The third kappa shape index (κ3) is 2.59. The number of nitrogens with zero attached hydrogens (tertiary/aromatic N) is 2. The second-order valence-electron chi connectivity index (χ2n) is 4.32. The van der Waals surface area contributed by atoms with E-state index in [2.05, 4.69) is 22.2 Å². The Morgan fingerprint density at radius 1 is 1.20 bits per heavy atom. The van der Waals surface area contributed by atoms with E-state index >= 15 is 0 Å². The van der Waals surface area contributed by atoms with Gasteiger partial charge in [0, 0.05) is 10.6 Å². The number of aryl methyl sites for hydroxylation is 2. The molecule has 0 amide bonds. The van der Waals surface area contributed by atoms with Crippen molar-refractivity contribution in [3.63, 3.8) is 0 Å². The number of hydrogen-bond acceptors (Lipinski definition) is 4. The predicted molar refractivity (Wildman–Crippen MR) is 83.8 cm³/mol. The summed E-state index contributed by atoms with van der Waals surface area (Å²) in [4.78, 5) is 10.7. The number of hydrogen-bond donors (Lipinski definition) is 1. The Morgan fingerprint density at radius 2 is 2.00 bits per heavy atom. The zero-order valence-corrected chi connectivity index (χ0v) is 12.6. The Labute approximate surface area is 126 Å². The van der Waals surface area contributed by atoms with E-state index < -0.39 is 0 Å². The minimum absolute atomic E-state index is 0. The second-order valence-corrected chi connectivity index (χ2v) is 5.52. The Balaban J connectivity index is 0.00000147. The van der Waals surface area contributed by atoms with Crippen LogP contribution in [0.4, 0.5) is 15.9 Å². The quantitative estimate of drug-likeness (QED) is 0.751. The monoisotopic (exact) mass is 309 g/mol. The number of anilines is 2. The Morgan fingerprint density at radius 3 is 2.75 bits per heavy atom. The molecule has 0 aliphatic carbocycles. The molecule has 0 spiro atoms. The van der Waals surface area contributed by atoms with Crippen LogP contribution in [0.25, 0.3) is 10.2 Å².